The quantitative estimate of drug-likeness (QED) is 0.794. The molecule has 0 aliphatic rings. The summed E-state index contributed by atoms with van der Waals surface area (Å²) in [5.74, 6) is 0.854. The van der Waals surface area contributed by atoms with Crippen LogP contribution in [0.4, 0.5) is 0 Å². The van der Waals surface area contributed by atoms with E-state index in [2.05, 4.69) is 17.1 Å². The van der Waals surface area contributed by atoms with E-state index >= 15 is 0 Å². The lowest BCUT2D eigenvalue weighted by atomic mass is 10.1. The summed E-state index contributed by atoms with van der Waals surface area (Å²) in [6, 6.07) is 16.2. The van der Waals surface area contributed by atoms with Gasteiger partial charge in [0, 0.05) is 27.9 Å². The Morgan fingerprint density at radius 2 is 2.00 bits per heavy atom. The predicted molar refractivity (Wildman–Crippen MR) is 86.8 cm³/mol. The Kier molecular flexibility index (Phi) is 4.08. The molecule has 21 heavy (non-hydrogen) atoms. The highest BCUT2D eigenvalue weighted by atomic mass is 32.2. The van der Waals surface area contributed by atoms with Gasteiger partial charge < -0.3 is 10.5 Å². The monoisotopic (exact) mass is 296 g/mol. The zero-order valence-electron chi connectivity index (χ0n) is 11.7. The summed E-state index contributed by atoms with van der Waals surface area (Å²) in [5.41, 5.74) is 7.92. The summed E-state index contributed by atoms with van der Waals surface area (Å²) < 4.78 is 5.29. The number of rotatable bonds is 4. The topological polar surface area (TPSA) is 48.1 Å². The van der Waals surface area contributed by atoms with Crippen molar-refractivity contribution < 1.29 is 4.74 Å². The molecule has 0 saturated carbocycles. The van der Waals surface area contributed by atoms with Crippen LogP contribution in [0.25, 0.3) is 10.9 Å². The lowest BCUT2D eigenvalue weighted by molar-refractivity contribution is 0.413. The molecule has 3 rings (SSSR count). The Labute approximate surface area is 128 Å². The number of ether oxygens (including phenoxy) is 1. The van der Waals surface area contributed by atoms with Crippen LogP contribution in [-0.2, 0) is 6.54 Å². The van der Waals surface area contributed by atoms with Gasteiger partial charge in [0.15, 0.2) is 0 Å². The Hall–Kier alpha value is -2.04. The van der Waals surface area contributed by atoms with Gasteiger partial charge in [0.05, 0.1) is 12.6 Å². The van der Waals surface area contributed by atoms with Gasteiger partial charge in [-0.3, -0.25) is 4.98 Å². The second-order valence-electron chi connectivity index (χ2n) is 4.61. The van der Waals surface area contributed by atoms with E-state index in [1.807, 2.05) is 42.6 Å². The highest BCUT2D eigenvalue weighted by molar-refractivity contribution is 7.99. The SMILES string of the molecule is COc1cccc(Sc2c(CN)cnc3ccccc23)c1. The number of para-hydroxylation sites is 1. The van der Waals surface area contributed by atoms with Crippen molar-refractivity contribution in [3.8, 4) is 5.75 Å². The standard InChI is InChI=1S/C17H16N2OS/c1-20-13-5-4-6-14(9-13)21-17-12(10-18)11-19-16-8-3-2-7-15(16)17/h2-9,11H,10,18H2,1H3. The van der Waals surface area contributed by atoms with E-state index in [0.717, 1.165) is 32.0 Å². The number of nitrogens with two attached hydrogens (primary N) is 1. The van der Waals surface area contributed by atoms with E-state index in [1.54, 1.807) is 18.9 Å². The molecule has 3 aromatic rings. The third-order valence-corrected chi connectivity index (χ3v) is 4.46. The van der Waals surface area contributed by atoms with Gasteiger partial charge in [0.1, 0.15) is 5.75 Å². The zero-order chi connectivity index (χ0) is 14.7. The van der Waals surface area contributed by atoms with Gasteiger partial charge in [-0.25, -0.2) is 0 Å². The molecule has 1 aromatic heterocycles. The minimum absolute atomic E-state index is 0.476. The number of hydrogen-bond acceptors (Lipinski definition) is 4. The molecule has 0 unspecified atom stereocenters. The van der Waals surface area contributed by atoms with E-state index in [0.29, 0.717) is 6.54 Å². The summed E-state index contributed by atoms with van der Waals surface area (Å²) in [4.78, 5) is 6.76. The third-order valence-electron chi connectivity index (χ3n) is 3.28. The predicted octanol–water partition coefficient (Wildman–Crippen LogP) is 3.85. The summed E-state index contributed by atoms with van der Waals surface area (Å²) >= 11 is 1.70. The van der Waals surface area contributed by atoms with Gasteiger partial charge in [-0.05, 0) is 29.8 Å². The van der Waals surface area contributed by atoms with Crippen molar-refractivity contribution in [1.82, 2.24) is 4.98 Å². The smallest absolute Gasteiger partial charge is 0.119 e. The first-order valence-electron chi connectivity index (χ1n) is 6.70. The minimum Gasteiger partial charge on any atom is -0.497 e. The van der Waals surface area contributed by atoms with Crippen LogP contribution in [0.1, 0.15) is 5.56 Å². The molecule has 1 heterocycles. The summed E-state index contributed by atoms with van der Waals surface area (Å²) in [7, 11) is 1.68. The van der Waals surface area contributed by atoms with Gasteiger partial charge in [-0.15, -0.1) is 0 Å². The second kappa shape index (κ2) is 6.16. The fourth-order valence-electron chi connectivity index (χ4n) is 2.21. The number of nitrogens with zero attached hydrogens (tertiary/aromatic N) is 1. The summed E-state index contributed by atoms with van der Waals surface area (Å²) in [6.07, 6.45) is 1.87. The molecule has 0 aliphatic carbocycles. The average Bonchev–Trinajstić information content (AvgIpc) is 2.55. The van der Waals surface area contributed by atoms with Crippen molar-refractivity contribution in [1.29, 1.82) is 0 Å². The summed E-state index contributed by atoms with van der Waals surface area (Å²) in [5, 5.41) is 1.13. The Bertz CT molecular complexity index is 774. The molecule has 2 aromatic carbocycles. The molecule has 106 valence electrons. The number of benzene rings is 2. The van der Waals surface area contributed by atoms with Crippen LogP contribution in [0.5, 0.6) is 5.75 Å². The maximum Gasteiger partial charge on any atom is 0.119 e. The lowest BCUT2D eigenvalue weighted by Gasteiger charge is -2.11. The number of aromatic nitrogens is 1. The molecule has 2 N–H and O–H groups in total. The first-order chi connectivity index (χ1) is 10.3. The van der Waals surface area contributed by atoms with Crippen LogP contribution in [-0.4, -0.2) is 12.1 Å². The van der Waals surface area contributed by atoms with Crippen LogP contribution >= 0.6 is 11.8 Å². The van der Waals surface area contributed by atoms with Gasteiger partial charge in [0.25, 0.3) is 0 Å². The van der Waals surface area contributed by atoms with Crippen LogP contribution in [0, 0.1) is 0 Å². The molecular weight excluding hydrogens is 280 g/mol. The second-order valence-corrected chi connectivity index (χ2v) is 5.70. The maximum atomic E-state index is 5.87. The fourth-order valence-corrected chi connectivity index (χ4v) is 3.31. The first-order valence-corrected chi connectivity index (χ1v) is 7.52. The van der Waals surface area contributed by atoms with E-state index in [4.69, 9.17) is 10.5 Å². The zero-order valence-corrected chi connectivity index (χ0v) is 12.6. The molecule has 4 heteroatoms. The van der Waals surface area contributed by atoms with Crippen LogP contribution in [0.3, 0.4) is 0 Å². The van der Waals surface area contributed by atoms with Crippen molar-refractivity contribution in [3.05, 3.63) is 60.3 Å². The number of hydrogen-bond donors (Lipinski definition) is 1. The van der Waals surface area contributed by atoms with Gasteiger partial charge in [-0.1, -0.05) is 36.0 Å². The Morgan fingerprint density at radius 3 is 2.81 bits per heavy atom. The highest BCUT2D eigenvalue weighted by Crippen LogP contribution is 2.36. The first kappa shape index (κ1) is 13.9. The van der Waals surface area contributed by atoms with E-state index in [-0.39, 0.29) is 0 Å². The Morgan fingerprint density at radius 1 is 1.14 bits per heavy atom. The largest absolute Gasteiger partial charge is 0.497 e. The van der Waals surface area contributed by atoms with Crippen molar-refractivity contribution >= 4 is 22.7 Å². The van der Waals surface area contributed by atoms with Gasteiger partial charge in [0.2, 0.25) is 0 Å². The third kappa shape index (κ3) is 2.86. The number of methoxy groups -OCH3 is 1. The molecule has 0 radical (unpaired) electrons. The lowest BCUT2D eigenvalue weighted by Crippen LogP contribution is -2.00. The summed E-state index contributed by atoms with van der Waals surface area (Å²) in [6.45, 7) is 0.476. The van der Waals surface area contributed by atoms with E-state index < -0.39 is 0 Å². The average molecular weight is 296 g/mol. The molecule has 0 fully saturated rings. The highest BCUT2D eigenvalue weighted by Gasteiger charge is 2.10. The Balaban J connectivity index is 2.09. The van der Waals surface area contributed by atoms with Gasteiger partial charge in [-0.2, -0.15) is 0 Å². The van der Waals surface area contributed by atoms with Crippen LogP contribution < -0.4 is 10.5 Å². The van der Waals surface area contributed by atoms with Crippen LogP contribution in [0.2, 0.25) is 0 Å². The van der Waals surface area contributed by atoms with E-state index in [9.17, 15) is 0 Å². The number of pyridine rings is 1. The van der Waals surface area contributed by atoms with E-state index in [1.165, 1.54) is 0 Å². The number of fused-ring (bicyclic) bond motifs is 1. The van der Waals surface area contributed by atoms with Crippen molar-refractivity contribution in [3.63, 3.8) is 0 Å². The van der Waals surface area contributed by atoms with Crippen LogP contribution in [0.15, 0.2) is 64.5 Å². The molecule has 0 amide bonds. The normalized spacial score (nSPS) is 10.8. The van der Waals surface area contributed by atoms with Crippen molar-refractivity contribution in [2.45, 2.75) is 16.3 Å². The molecule has 0 spiro atoms. The van der Waals surface area contributed by atoms with Gasteiger partial charge >= 0.3 is 0 Å². The molecule has 3 nitrogen and oxygen atoms in total. The molecule has 0 bridgehead atoms. The maximum absolute atomic E-state index is 5.87. The molecule has 0 saturated heterocycles. The fraction of sp³-hybridized carbons (Fsp3) is 0.118. The van der Waals surface area contributed by atoms with Crippen molar-refractivity contribution in [2.75, 3.05) is 7.11 Å². The molecule has 0 atom stereocenters. The molecular formula is C17H16N2OS. The molecule has 0 aliphatic heterocycles. The van der Waals surface area contributed by atoms with Crippen molar-refractivity contribution in [2.24, 2.45) is 5.73 Å². The minimum atomic E-state index is 0.476.